The lowest BCUT2D eigenvalue weighted by molar-refractivity contribution is 0.0153. The highest BCUT2D eigenvalue weighted by Crippen LogP contribution is 2.37. The molecule has 0 radical (unpaired) electrons. The van der Waals surface area contributed by atoms with Gasteiger partial charge in [0.2, 0.25) is 0 Å². The molecular formula is C18H29N3O2. The summed E-state index contributed by atoms with van der Waals surface area (Å²) in [5.41, 5.74) is 1.10. The van der Waals surface area contributed by atoms with Crippen LogP contribution in [0.15, 0.2) is 18.3 Å². The Balaban J connectivity index is 1.61. The molecule has 0 bridgehead atoms. The molecule has 1 aliphatic carbocycles. The topological polar surface area (TPSA) is 57.5 Å². The third kappa shape index (κ3) is 3.55. The summed E-state index contributed by atoms with van der Waals surface area (Å²) in [5, 5.41) is 13.4. The summed E-state index contributed by atoms with van der Waals surface area (Å²) in [6, 6.07) is 4.22. The number of urea groups is 1. The van der Waals surface area contributed by atoms with Gasteiger partial charge in [-0.1, -0.05) is 6.92 Å². The van der Waals surface area contributed by atoms with E-state index in [0.717, 1.165) is 44.3 Å². The van der Waals surface area contributed by atoms with Gasteiger partial charge in [-0.3, -0.25) is 0 Å². The maximum absolute atomic E-state index is 12.6. The van der Waals surface area contributed by atoms with Crippen molar-refractivity contribution in [3.05, 3.63) is 24.0 Å². The van der Waals surface area contributed by atoms with Gasteiger partial charge in [-0.05, 0) is 50.2 Å². The lowest BCUT2D eigenvalue weighted by atomic mass is 9.76. The number of likely N-dealkylation sites (tertiary alicyclic amines) is 1. The number of nitrogens with zero attached hydrogens (tertiary/aromatic N) is 2. The summed E-state index contributed by atoms with van der Waals surface area (Å²) in [7, 11) is 1.99. The largest absolute Gasteiger partial charge is 0.393 e. The monoisotopic (exact) mass is 319 g/mol. The van der Waals surface area contributed by atoms with Crippen LogP contribution in [0.1, 0.15) is 44.7 Å². The number of hydrogen-bond donors (Lipinski definition) is 2. The number of carbonyl (C=O) groups is 1. The van der Waals surface area contributed by atoms with E-state index in [0.29, 0.717) is 12.5 Å². The van der Waals surface area contributed by atoms with E-state index >= 15 is 0 Å². The van der Waals surface area contributed by atoms with Crippen LogP contribution in [0.3, 0.4) is 0 Å². The first-order valence-corrected chi connectivity index (χ1v) is 8.89. The minimum Gasteiger partial charge on any atom is -0.393 e. The van der Waals surface area contributed by atoms with Gasteiger partial charge < -0.3 is 19.9 Å². The number of aryl methyl sites for hydroxylation is 1. The van der Waals surface area contributed by atoms with E-state index in [4.69, 9.17) is 0 Å². The van der Waals surface area contributed by atoms with E-state index in [1.54, 1.807) is 0 Å². The predicted octanol–water partition coefficient (Wildman–Crippen LogP) is 2.50. The Hall–Kier alpha value is -1.49. The molecule has 1 aliphatic heterocycles. The fraction of sp³-hybridized carbons (Fsp3) is 0.722. The Morgan fingerprint density at radius 3 is 2.96 bits per heavy atom. The highest BCUT2D eigenvalue weighted by atomic mass is 16.3. The second-order valence-electron chi connectivity index (χ2n) is 7.32. The summed E-state index contributed by atoms with van der Waals surface area (Å²) in [6.45, 7) is 3.62. The van der Waals surface area contributed by atoms with Crippen LogP contribution in [-0.2, 0) is 13.6 Å². The summed E-state index contributed by atoms with van der Waals surface area (Å²) in [5.74, 6) is 0.888. The zero-order valence-electron chi connectivity index (χ0n) is 14.2. The Bertz CT molecular complexity index is 542. The quantitative estimate of drug-likeness (QED) is 0.899. The fourth-order valence-corrected chi connectivity index (χ4v) is 4.26. The Kier molecular flexibility index (Phi) is 4.95. The molecule has 2 N–H and O–H groups in total. The van der Waals surface area contributed by atoms with E-state index in [-0.39, 0.29) is 24.1 Å². The SMILES string of the molecule is C[C@@H]1CC[C@H](O)[C@@H]([C@H]2CCCN2C(=O)NCc2cccn2C)C1. The van der Waals surface area contributed by atoms with Gasteiger partial charge in [-0.2, -0.15) is 0 Å². The molecule has 0 unspecified atom stereocenters. The molecule has 1 aromatic rings. The van der Waals surface area contributed by atoms with Crippen molar-refractivity contribution in [2.75, 3.05) is 6.54 Å². The number of carbonyl (C=O) groups excluding carboxylic acids is 1. The smallest absolute Gasteiger partial charge is 0.317 e. The molecule has 128 valence electrons. The highest BCUT2D eigenvalue weighted by molar-refractivity contribution is 5.74. The van der Waals surface area contributed by atoms with Crippen LogP contribution in [0.25, 0.3) is 0 Å². The summed E-state index contributed by atoms with van der Waals surface area (Å²) >= 11 is 0. The van der Waals surface area contributed by atoms with Gasteiger partial charge in [0.15, 0.2) is 0 Å². The first-order chi connectivity index (χ1) is 11.1. The molecular weight excluding hydrogens is 290 g/mol. The van der Waals surface area contributed by atoms with Gasteiger partial charge >= 0.3 is 6.03 Å². The summed E-state index contributed by atoms with van der Waals surface area (Å²) < 4.78 is 2.02. The molecule has 23 heavy (non-hydrogen) atoms. The van der Waals surface area contributed by atoms with Crippen LogP contribution in [0.5, 0.6) is 0 Å². The van der Waals surface area contributed by atoms with Gasteiger partial charge in [0.1, 0.15) is 0 Å². The minimum atomic E-state index is -0.252. The molecule has 2 fully saturated rings. The maximum atomic E-state index is 12.6. The van der Waals surface area contributed by atoms with Crippen LogP contribution < -0.4 is 5.32 Å². The summed E-state index contributed by atoms with van der Waals surface area (Å²) in [4.78, 5) is 14.6. The fourth-order valence-electron chi connectivity index (χ4n) is 4.26. The number of hydrogen-bond acceptors (Lipinski definition) is 2. The molecule has 5 heteroatoms. The number of aromatic nitrogens is 1. The molecule has 1 saturated heterocycles. The average molecular weight is 319 g/mol. The zero-order valence-corrected chi connectivity index (χ0v) is 14.2. The predicted molar refractivity (Wildman–Crippen MR) is 89.9 cm³/mol. The van der Waals surface area contributed by atoms with E-state index in [2.05, 4.69) is 12.2 Å². The molecule has 5 nitrogen and oxygen atoms in total. The van der Waals surface area contributed by atoms with E-state index in [1.165, 1.54) is 0 Å². The van der Waals surface area contributed by atoms with Crippen molar-refractivity contribution >= 4 is 6.03 Å². The molecule has 0 aromatic carbocycles. The van der Waals surface area contributed by atoms with E-state index in [1.807, 2.05) is 34.8 Å². The van der Waals surface area contributed by atoms with Gasteiger partial charge in [-0.15, -0.1) is 0 Å². The normalized spacial score (nSPS) is 31.3. The molecule has 2 amide bonds. The van der Waals surface area contributed by atoms with Gasteiger partial charge in [0.05, 0.1) is 12.6 Å². The maximum Gasteiger partial charge on any atom is 0.317 e. The lowest BCUT2D eigenvalue weighted by Crippen LogP contribution is -2.49. The van der Waals surface area contributed by atoms with E-state index in [9.17, 15) is 9.90 Å². The molecule has 0 spiro atoms. The zero-order chi connectivity index (χ0) is 16.4. The second-order valence-corrected chi connectivity index (χ2v) is 7.32. The number of nitrogens with one attached hydrogen (secondary N) is 1. The van der Waals surface area contributed by atoms with Crippen LogP contribution in [-0.4, -0.2) is 39.3 Å². The molecule has 2 heterocycles. The van der Waals surface area contributed by atoms with Gasteiger partial charge in [-0.25, -0.2) is 4.79 Å². The Morgan fingerprint density at radius 1 is 1.39 bits per heavy atom. The first-order valence-electron chi connectivity index (χ1n) is 8.89. The van der Waals surface area contributed by atoms with Crippen molar-refractivity contribution in [1.29, 1.82) is 0 Å². The third-order valence-electron chi connectivity index (χ3n) is 5.65. The van der Waals surface area contributed by atoms with Gasteiger partial charge in [0.25, 0.3) is 0 Å². The van der Waals surface area contributed by atoms with Crippen LogP contribution >= 0.6 is 0 Å². The number of amides is 2. The third-order valence-corrected chi connectivity index (χ3v) is 5.65. The van der Waals surface area contributed by atoms with Crippen molar-refractivity contribution in [2.45, 2.75) is 57.7 Å². The van der Waals surface area contributed by atoms with Crippen molar-refractivity contribution in [3.63, 3.8) is 0 Å². The number of aliphatic hydroxyl groups excluding tert-OH is 1. The molecule has 1 saturated carbocycles. The Morgan fingerprint density at radius 2 is 2.22 bits per heavy atom. The van der Waals surface area contributed by atoms with Crippen LogP contribution in [0.2, 0.25) is 0 Å². The Labute approximate surface area is 138 Å². The average Bonchev–Trinajstić information content (AvgIpc) is 3.16. The number of aliphatic hydroxyl groups is 1. The van der Waals surface area contributed by atoms with Crippen molar-refractivity contribution in [1.82, 2.24) is 14.8 Å². The molecule has 4 atom stereocenters. The minimum absolute atomic E-state index is 0.0131. The van der Waals surface area contributed by atoms with Crippen molar-refractivity contribution < 1.29 is 9.90 Å². The van der Waals surface area contributed by atoms with Gasteiger partial charge in [0, 0.05) is 37.4 Å². The highest BCUT2D eigenvalue weighted by Gasteiger charge is 2.40. The lowest BCUT2D eigenvalue weighted by Gasteiger charge is -2.39. The van der Waals surface area contributed by atoms with Crippen LogP contribution in [0.4, 0.5) is 4.79 Å². The molecule has 3 rings (SSSR count). The number of rotatable bonds is 3. The molecule has 1 aromatic heterocycles. The standard InChI is InChI=1S/C18H29N3O2/c1-13-7-8-17(22)15(11-13)16-6-4-10-21(16)18(23)19-12-14-5-3-9-20(14)2/h3,5,9,13,15-17,22H,4,6-8,10-12H2,1-2H3,(H,19,23)/t13-,15-,16-,17+/m1/s1. The van der Waals surface area contributed by atoms with Crippen molar-refractivity contribution in [2.24, 2.45) is 18.9 Å². The van der Waals surface area contributed by atoms with Crippen molar-refractivity contribution in [3.8, 4) is 0 Å². The summed E-state index contributed by atoms with van der Waals surface area (Å²) in [6.07, 6.45) is 6.81. The molecule has 2 aliphatic rings. The second kappa shape index (κ2) is 6.95. The first kappa shape index (κ1) is 16.4. The van der Waals surface area contributed by atoms with E-state index < -0.39 is 0 Å². The van der Waals surface area contributed by atoms with Crippen LogP contribution in [0, 0.1) is 11.8 Å².